The molecule has 0 fully saturated rings. The van der Waals surface area contributed by atoms with Crippen molar-refractivity contribution < 1.29 is 9.84 Å². The zero-order valence-corrected chi connectivity index (χ0v) is 10.6. The Labute approximate surface area is 102 Å². The summed E-state index contributed by atoms with van der Waals surface area (Å²) in [5.41, 5.74) is 2.33. The monoisotopic (exact) mass is 233 g/mol. The first-order chi connectivity index (χ1) is 8.22. The van der Waals surface area contributed by atoms with E-state index in [0.29, 0.717) is 0 Å². The van der Waals surface area contributed by atoms with Gasteiger partial charge in [0.2, 0.25) is 0 Å². The van der Waals surface area contributed by atoms with Crippen LogP contribution < -0.4 is 4.74 Å². The minimum Gasteiger partial charge on any atom is -0.496 e. The molecule has 1 aromatic heterocycles. The van der Waals surface area contributed by atoms with Crippen LogP contribution in [0.15, 0.2) is 24.3 Å². The van der Waals surface area contributed by atoms with E-state index in [-0.39, 0.29) is 12.5 Å². The van der Waals surface area contributed by atoms with E-state index in [2.05, 4.69) is 23.6 Å². The summed E-state index contributed by atoms with van der Waals surface area (Å²) >= 11 is 0. The number of hydrogen-bond acceptors (Lipinski definition) is 2. The first-order valence-electron chi connectivity index (χ1n) is 5.99. The molecule has 0 aliphatic heterocycles. The second-order valence-corrected chi connectivity index (χ2v) is 4.29. The van der Waals surface area contributed by atoms with Crippen LogP contribution in [0.5, 0.6) is 5.75 Å². The van der Waals surface area contributed by atoms with Crippen LogP contribution in [0.3, 0.4) is 0 Å². The van der Waals surface area contributed by atoms with Gasteiger partial charge in [-0.1, -0.05) is 13.0 Å². The zero-order chi connectivity index (χ0) is 12.4. The van der Waals surface area contributed by atoms with Crippen molar-refractivity contribution in [3.8, 4) is 5.75 Å². The molecule has 1 N–H and O–H groups in total. The van der Waals surface area contributed by atoms with E-state index >= 15 is 0 Å². The Kier molecular flexibility index (Phi) is 3.38. The SMILES string of the molecule is CCn1c(C(C)CO)cc2c(OC)cccc21. The van der Waals surface area contributed by atoms with Gasteiger partial charge >= 0.3 is 0 Å². The number of methoxy groups -OCH3 is 1. The first-order valence-corrected chi connectivity index (χ1v) is 5.99. The Balaban J connectivity index is 2.69. The molecule has 2 aromatic rings. The maximum absolute atomic E-state index is 9.32. The molecule has 17 heavy (non-hydrogen) atoms. The number of rotatable bonds is 4. The van der Waals surface area contributed by atoms with Gasteiger partial charge in [-0.2, -0.15) is 0 Å². The van der Waals surface area contributed by atoms with Gasteiger partial charge in [-0.05, 0) is 25.1 Å². The molecule has 0 aliphatic carbocycles. The number of aryl methyl sites for hydroxylation is 1. The molecule has 1 atom stereocenters. The van der Waals surface area contributed by atoms with Crippen LogP contribution in [0.1, 0.15) is 25.5 Å². The summed E-state index contributed by atoms with van der Waals surface area (Å²) in [5.74, 6) is 1.04. The number of benzene rings is 1. The van der Waals surface area contributed by atoms with Gasteiger partial charge in [0.15, 0.2) is 0 Å². The van der Waals surface area contributed by atoms with Gasteiger partial charge in [-0.25, -0.2) is 0 Å². The molecular formula is C14H19NO2. The summed E-state index contributed by atoms with van der Waals surface area (Å²) in [4.78, 5) is 0. The molecule has 0 amide bonds. The van der Waals surface area contributed by atoms with Crippen LogP contribution >= 0.6 is 0 Å². The van der Waals surface area contributed by atoms with Crippen LogP contribution in [0.2, 0.25) is 0 Å². The topological polar surface area (TPSA) is 34.4 Å². The fourth-order valence-electron chi connectivity index (χ4n) is 2.31. The zero-order valence-electron chi connectivity index (χ0n) is 10.6. The van der Waals surface area contributed by atoms with Crippen molar-refractivity contribution in [1.29, 1.82) is 0 Å². The Bertz CT molecular complexity index is 516. The number of aliphatic hydroxyl groups is 1. The quantitative estimate of drug-likeness (QED) is 0.881. The summed E-state index contributed by atoms with van der Waals surface area (Å²) < 4.78 is 7.61. The third kappa shape index (κ3) is 1.91. The lowest BCUT2D eigenvalue weighted by Gasteiger charge is -2.12. The molecule has 0 spiro atoms. The third-order valence-corrected chi connectivity index (χ3v) is 3.25. The predicted molar refractivity (Wildman–Crippen MR) is 69.7 cm³/mol. The lowest BCUT2D eigenvalue weighted by molar-refractivity contribution is 0.269. The van der Waals surface area contributed by atoms with Crippen LogP contribution in [0, 0.1) is 0 Å². The van der Waals surface area contributed by atoms with E-state index in [9.17, 15) is 5.11 Å². The molecular weight excluding hydrogens is 214 g/mol. The van der Waals surface area contributed by atoms with Crippen LogP contribution in [-0.4, -0.2) is 23.4 Å². The normalized spacial score (nSPS) is 12.9. The summed E-state index contributed by atoms with van der Waals surface area (Å²) in [6.45, 7) is 5.22. The highest BCUT2D eigenvalue weighted by atomic mass is 16.5. The van der Waals surface area contributed by atoms with Crippen molar-refractivity contribution >= 4 is 10.9 Å². The molecule has 0 aliphatic rings. The lowest BCUT2D eigenvalue weighted by Crippen LogP contribution is -2.07. The highest BCUT2D eigenvalue weighted by Crippen LogP contribution is 2.31. The summed E-state index contributed by atoms with van der Waals surface area (Å²) in [5, 5.41) is 10.4. The van der Waals surface area contributed by atoms with E-state index in [1.54, 1.807) is 7.11 Å². The van der Waals surface area contributed by atoms with Gasteiger partial charge in [-0.15, -0.1) is 0 Å². The standard InChI is InChI=1S/C14H19NO2/c1-4-15-12-6-5-7-14(17-3)11(12)8-13(15)10(2)9-16/h5-8,10,16H,4,9H2,1-3H3. The molecule has 0 radical (unpaired) electrons. The number of nitrogens with zero attached hydrogens (tertiary/aromatic N) is 1. The molecule has 0 saturated heterocycles. The molecule has 1 unspecified atom stereocenters. The maximum atomic E-state index is 9.32. The van der Waals surface area contributed by atoms with E-state index in [0.717, 1.165) is 23.4 Å². The summed E-state index contributed by atoms with van der Waals surface area (Å²) in [6.07, 6.45) is 0. The first kappa shape index (κ1) is 12.0. The predicted octanol–water partition coefficient (Wildman–Crippen LogP) is 2.77. The van der Waals surface area contributed by atoms with Gasteiger partial charge in [0.25, 0.3) is 0 Å². The van der Waals surface area contributed by atoms with E-state index in [4.69, 9.17) is 4.74 Å². The third-order valence-electron chi connectivity index (χ3n) is 3.25. The minimum atomic E-state index is 0.145. The number of fused-ring (bicyclic) bond motifs is 1. The molecule has 2 rings (SSSR count). The van der Waals surface area contributed by atoms with Gasteiger partial charge in [0.1, 0.15) is 5.75 Å². The summed E-state index contributed by atoms with van der Waals surface area (Å²) in [6, 6.07) is 8.18. The second-order valence-electron chi connectivity index (χ2n) is 4.29. The van der Waals surface area contributed by atoms with E-state index in [1.165, 1.54) is 5.52 Å². The Hall–Kier alpha value is -1.48. The molecule has 0 bridgehead atoms. The van der Waals surface area contributed by atoms with Crippen molar-refractivity contribution in [3.63, 3.8) is 0 Å². The van der Waals surface area contributed by atoms with Crippen LogP contribution in [0.4, 0.5) is 0 Å². The van der Waals surface area contributed by atoms with Gasteiger partial charge in [-0.3, -0.25) is 0 Å². The minimum absolute atomic E-state index is 0.145. The average Bonchev–Trinajstić information content (AvgIpc) is 2.75. The van der Waals surface area contributed by atoms with Crippen LogP contribution in [-0.2, 0) is 6.54 Å². The van der Waals surface area contributed by atoms with Crippen LogP contribution in [0.25, 0.3) is 10.9 Å². The Morgan fingerprint density at radius 3 is 2.76 bits per heavy atom. The van der Waals surface area contributed by atoms with Crippen molar-refractivity contribution in [2.75, 3.05) is 13.7 Å². The number of aromatic nitrogens is 1. The molecule has 1 aromatic carbocycles. The van der Waals surface area contributed by atoms with Crippen molar-refractivity contribution in [1.82, 2.24) is 4.57 Å². The van der Waals surface area contributed by atoms with Crippen molar-refractivity contribution in [2.45, 2.75) is 26.3 Å². The van der Waals surface area contributed by atoms with Gasteiger partial charge in [0, 0.05) is 23.5 Å². The highest BCUT2D eigenvalue weighted by Gasteiger charge is 2.15. The number of hydrogen-bond donors (Lipinski definition) is 1. The van der Waals surface area contributed by atoms with E-state index in [1.807, 2.05) is 19.1 Å². The Morgan fingerprint density at radius 1 is 1.41 bits per heavy atom. The largest absolute Gasteiger partial charge is 0.496 e. The highest BCUT2D eigenvalue weighted by molar-refractivity contribution is 5.87. The summed E-state index contributed by atoms with van der Waals surface area (Å²) in [7, 11) is 1.69. The van der Waals surface area contributed by atoms with E-state index < -0.39 is 0 Å². The molecule has 1 heterocycles. The van der Waals surface area contributed by atoms with Crippen molar-refractivity contribution in [2.24, 2.45) is 0 Å². The smallest absolute Gasteiger partial charge is 0.128 e. The molecule has 0 saturated carbocycles. The van der Waals surface area contributed by atoms with Gasteiger partial charge in [0.05, 0.1) is 19.2 Å². The average molecular weight is 233 g/mol. The fraction of sp³-hybridized carbons (Fsp3) is 0.429. The van der Waals surface area contributed by atoms with Gasteiger partial charge < -0.3 is 14.4 Å². The maximum Gasteiger partial charge on any atom is 0.128 e. The fourth-order valence-corrected chi connectivity index (χ4v) is 2.31. The number of ether oxygens (including phenoxy) is 1. The Morgan fingerprint density at radius 2 is 2.18 bits per heavy atom. The molecule has 3 nitrogen and oxygen atoms in total. The molecule has 3 heteroatoms. The lowest BCUT2D eigenvalue weighted by atomic mass is 10.1. The second kappa shape index (κ2) is 4.80. The number of aliphatic hydroxyl groups excluding tert-OH is 1. The van der Waals surface area contributed by atoms with Crippen molar-refractivity contribution in [3.05, 3.63) is 30.0 Å². The molecule has 92 valence electrons.